The number of anilines is 1. The first kappa shape index (κ1) is 45.4. The molecule has 0 radical (unpaired) electrons. The van der Waals surface area contributed by atoms with Gasteiger partial charge in [-0.05, 0) is 104 Å². The van der Waals surface area contributed by atoms with E-state index in [1.54, 1.807) is 5.56 Å². The van der Waals surface area contributed by atoms with Crippen molar-refractivity contribution in [3.8, 4) is 0 Å². The number of halogens is 2. The van der Waals surface area contributed by atoms with Gasteiger partial charge in [0.2, 0.25) is 0 Å². The van der Waals surface area contributed by atoms with E-state index >= 15 is 0 Å². The fourth-order valence-electron chi connectivity index (χ4n) is 12.0. The third-order valence-electron chi connectivity index (χ3n) is 14.0. The first-order valence-electron chi connectivity index (χ1n) is 20.6. The zero-order valence-corrected chi connectivity index (χ0v) is 40.3. The summed E-state index contributed by atoms with van der Waals surface area (Å²) in [7, 11) is 7.84. The molecule has 0 bridgehead atoms. The number of aryl methyl sites for hydroxylation is 2. The molecule has 8 rings (SSSR count). The summed E-state index contributed by atoms with van der Waals surface area (Å²) in [6.45, 7) is 15.9. The molecule has 2 nitrogen and oxygen atoms in total. The first-order chi connectivity index (χ1) is 26.1. The number of rotatable bonds is 11. The predicted octanol–water partition coefficient (Wildman–Crippen LogP) is 14.3. The summed E-state index contributed by atoms with van der Waals surface area (Å²) in [6.07, 6.45) is 35.2. The number of benzene rings is 2. The molecule has 6 heteroatoms. The van der Waals surface area contributed by atoms with Crippen LogP contribution in [0.4, 0.5) is 5.69 Å². The van der Waals surface area contributed by atoms with Crippen LogP contribution >= 0.6 is 17.0 Å². The molecular formula is C50H67Cl2NOSiZr. The molecule has 2 aromatic carbocycles. The molecule has 5 aliphatic carbocycles. The minimum atomic E-state index is -2.02. The molecule has 300 valence electrons. The molecule has 0 amide bonds. The molecule has 0 spiro atoms. The molecule has 2 saturated carbocycles. The fourth-order valence-corrected chi connectivity index (χ4v) is 18.9. The van der Waals surface area contributed by atoms with Gasteiger partial charge in [-0.1, -0.05) is 147 Å². The molecule has 2 fully saturated rings. The Labute approximate surface area is 361 Å². The van der Waals surface area contributed by atoms with E-state index in [2.05, 4.69) is 161 Å². The van der Waals surface area contributed by atoms with Crippen LogP contribution in [0.2, 0.25) is 23.7 Å². The van der Waals surface area contributed by atoms with Gasteiger partial charge in [-0.3, -0.25) is 0 Å². The molecule has 10 atom stereocenters. The average Bonchev–Trinajstić information content (AvgIpc) is 3.78. The quantitative estimate of drug-likeness (QED) is 0.127. The molecule has 10 unspecified atom stereocenters. The van der Waals surface area contributed by atoms with E-state index in [0.717, 1.165) is 18.7 Å². The summed E-state index contributed by atoms with van der Waals surface area (Å²) < 4.78 is 6.13. The van der Waals surface area contributed by atoms with Crippen molar-refractivity contribution in [3.63, 3.8) is 0 Å². The van der Waals surface area contributed by atoms with Gasteiger partial charge in [-0.25, -0.2) is 0 Å². The van der Waals surface area contributed by atoms with E-state index < -0.39 is 28.9 Å². The van der Waals surface area contributed by atoms with Crippen molar-refractivity contribution < 1.29 is 25.6 Å². The van der Waals surface area contributed by atoms with Crippen LogP contribution in [-0.4, -0.2) is 26.3 Å². The summed E-state index contributed by atoms with van der Waals surface area (Å²) in [6, 6.07) is 18.5. The summed E-state index contributed by atoms with van der Waals surface area (Å²) in [5.41, 5.74) is 8.82. The zero-order chi connectivity index (χ0) is 38.0. The van der Waals surface area contributed by atoms with Gasteiger partial charge in [-0.2, -0.15) is 0 Å². The molecule has 0 N–H and O–H groups in total. The monoisotopic (exact) mass is 885 g/mol. The second-order valence-electron chi connectivity index (χ2n) is 18.2. The molecule has 0 saturated heterocycles. The number of hydrogen-bond donors (Lipinski definition) is 0. The van der Waals surface area contributed by atoms with Gasteiger partial charge < -0.3 is 24.5 Å². The second-order valence-corrected chi connectivity index (χ2v) is 26.7. The Bertz CT molecular complexity index is 1770. The SMILES string of the molecule is Cc1ccc2c(c1)C1C(C3C=CC=CC3C1[Si](C)(CCCCCCOC(C)(C)C)C1C3C=CC=CC3C3C=CC=CC31)N2Cc1ccccc1C.[CH3-].[CH3-].[Cl][Zr+2][Cl]. The standard InChI is InChI=1S/C48H61NOSi.2CH3.2ClH.Zr/c1-33-27-28-43-42(31-33)44-45(49(43)32-35-20-10-9-19-34(35)2)38-23-13-16-26-41(38)47(44)51(6,30-18-8-7-17-29-50-48(3,4)5)46-39-24-14-11-21-36(39)37-22-12-15-25-40(37)46;;;;;/h9-16,19-28,31,36-41,44-47H,7-8,17-18,29-30,32H2,1-6H3;2*1H3;2*1H;/q;2*-1;;;+4/p-2. The van der Waals surface area contributed by atoms with Crippen LogP contribution in [0.1, 0.15) is 74.6 Å². The third kappa shape index (κ3) is 9.06. The molecule has 1 heterocycles. The van der Waals surface area contributed by atoms with Crippen LogP contribution in [0.3, 0.4) is 0 Å². The summed E-state index contributed by atoms with van der Waals surface area (Å²) in [5.74, 6) is 4.22. The summed E-state index contributed by atoms with van der Waals surface area (Å²) in [5, 5.41) is 0. The number of hydrogen-bond acceptors (Lipinski definition) is 2. The molecule has 1 aliphatic heterocycles. The molecule has 0 aromatic heterocycles. The van der Waals surface area contributed by atoms with Crippen molar-refractivity contribution in [2.75, 3.05) is 11.5 Å². The topological polar surface area (TPSA) is 12.5 Å². The van der Waals surface area contributed by atoms with Crippen LogP contribution in [0.25, 0.3) is 0 Å². The van der Waals surface area contributed by atoms with E-state index in [-0.39, 0.29) is 20.5 Å². The van der Waals surface area contributed by atoms with Gasteiger partial charge in [0.1, 0.15) is 0 Å². The van der Waals surface area contributed by atoms with Crippen LogP contribution in [-0.2, 0) is 32.1 Å². The number of allylic oxidation sites excluding steroid dienone is 11. The Hall–Kier alpha value is -1.68. The average molecular weight is 888 g/mol. The van der Waals surface area contributed by atoms with Crippen molar-refractivity contribution in [3.05, 3.63) is 152 Å². The minimum absolute atomic E-state index is 0. The van der Waals surface area contributed by atoms with Gasteiger partial charge in [0.15, 0.2) is 0 Å². The van der Waals surface area contributed by atoms with E-state index in [1.165, 1.54) is 54.1 Å². The number of ether oxygens (including phenoxy) is 1. The third-order valence-corrected chi connectivity index (χ3v) is 20.0. The molecule has 2 aromatic rings. The van der Waals surface area contributed by atoms with Crippen LogP contribution in [0.5, 0.6) is 0 Å². The summed E-state index contributed by atoms with van der Waals surface area (Å²) >= 11 is -0.826. The number of fused-ring (bicyclic) bond motifs is 8. The van der Waals surface area contributed by atoms with Crippen molar-refractivity contribution >= 4 is 30.8 Å². The van der Waals surface area contributed by atoms with Crippen molar-refractivity contribution in [2.24, 2.45) is 35.5 Å². The number of nitrogens with zero attached hydrogens (tertiary/aromatic N) is 1. The van der Waals surface area contributed by atoms with E-state index in [9.17, 15) is 0 Å². The Balaban J connectivity index is 0.00000116. The Morgan fingerprint density at radius 1 is 0.696 bits per heavy atom. The normalized spacial score (nSPS) is 30.8. The first-order valence-corrected chi connectivity index (χ1v) is 29.8. The number of unbranched alkanes of at least 4 members (excludes halogenated alkanes) is 3. The van der Waals surface area contributed by atoms with E-state index in [1.807, 2.05) is 0 Å². The molecule has 56 heavy (non-hydrogen) atoms. The Kier molecular flexibility index (Phi) is 15.9. The second kappa shape index (κ2) is 19.6. The van der Waals surface area contributed by atoms with E-state index in [0.29, 0.717) is 53.0 Å². The summed E-state index contributed by atoms with van der Waals surface area (Å²) in [4.78, 5) is 2.87. The Morgan fingerprint density at radius 3 is 1.82 bits per heavy atom. The van der Waals surface area contributed by atoms with Crippen molar-refractivity contribution in [2.45, 2.75) is 108 Å². The van der Waals surface area contributed by atoms with Gasteiger partial charge in [0.05, 0.1) is 13.7 Å². The van der Waals surface area contributed by atoms with Gasteiger partial charge in [0.25, 0.3) is 0 Å². The van der Waals surface area contributed by atoms with Crippen LogP contribution < -0.4 is 4.90 Å². The van der Waals surface area contributed by atoms with Crippen LogP contribution in [0.15, 0.2) is 115 Å². The Morgan fingerprint density at radius 2 is 1.23 bits per heavy atom. The molecular weight excluding hydrogens is 821 g/mol. The molecule has 6 aliphatic rings. The van der Waals surface area contributed by atoms with Gasteiger partial charge in [-0.15, -0.1) is 0 Å². The maximum atomic E-state index is 6.13. The fraction of sp³-hybridized carbons (Fsp3) is 0.480. The van der Waals surface area contributed by atoms with Crippen LogP contribution in [0, 0.1) is 64.2 Å². The maximum absolute atomic E-state index is 6.13. The van der Waals surface area contributed by atoms with Gasteiger partial charge >= 0.3 is 37.9 Å². The van der Waals surface area contributed by atoms with Crippen molar-refractivity contribution in [1.82, 2.24) is 0 Å². The van der Waals surface area contributed by atoms with Gasteiger partial charge in [0, 0.05) is 36.7 Å². The predicted molar refractivity (Wildman–Crippen MR) is 243 cm³/mol. The zero-order valence-electron chi connectivity index (χ0n) is 35.3. The van der Waals surface area contributed by atoms with Crippen molar-refractivity contribution in [1.29, 1.82) is 0 Å². The van der Waals surface area contributed by atoms with E-state index in [4.69, 9.17) is 21.8 Å².